The van der Waals surface area contributed by atoms with E-state index in [1.54, 1.807) is 0 Å². The Morgan fingerprint density at radius 1 is 1.29 bits per heavy atom. The van der Waals surface area contributed by atoms with Gasteiger partial charge in [-0.2, -0.15) is 5.01 Å². The molecule has 3 fully saturated rings. The maximum absolute atomic E-state index is 12.9. The fourth-order valence-electron chi connectivity index (χ4n) is 4.83. The number of hydrazine groups is 1. The van der Waals surface area contributed by atoms with Gasteiger partial charge in [0.1, 0.15) is 5.54 Å². The van der Waals surface area contributed by atoms with E-state index in [0.29, 0.717) is 18.8 Å². The molecule has 3 heterocycles. The van der Waals surface area contributed by atoms with E-state index < -0.39 is 11.6 Å². The molecule has 28 heavy (non-hydrogen) atoms. The predicted octanol–water partition coefficient (Wildman–Crippen LogP) is 1.69. The lowest BCUT2D eigenvalue weighted by atomic mass is 9.77. The van der Waals surface area contributed by atoms with Crippen LogP contribution in [-0.2, 0) is 16.6 Å². The minimum Gasteiger partial charge on any atom is -0.353 e. The van der Waals surface area contributed by atoms with Crippen LogP contribution in [0.5, 0.6) is 0 Å². The summed E-state index contributed by atoms with van der Waals surface area (Å²) in [6.45, 7) is 3.15. The molecule has 2 N–H and O–H groups in total. The molecule has 1 aliphatic carbocycles. The van der Waals surface area contributed by atoms with Crippen molar-refractivity contribution in [3.8, 4) is 0 Å². The van der Waals surface area contributed by atoms with Crippen molar-refractivity contribution >= 4 is 17.8 Å². The molecule has 0 unspecified atom stereocenters. The maximum Gasteiger partial charge on any atom is 0.344 e. The topological polar surface area (TPSA) is 86.7 Å². The predicted molar refractivity (Wildman–Crippen MR) is 103 cm³/mol. The lowest BCUT2D eigenvalue weighted by Gasteiger charge is -2.33. The molecule has 1 aromatic heterocycles. The molecule has 1 saturated carbocycles. The number of hydrogen-bond acceptors (Lipinski definition) is 4. The number of amides is 4. The third-order valence-electron chi connectivity index (χ3n) is 6.56. The number of aryl methyl sites for hydroxylation is 1. The molecule has 1 atom stereocenters. The molecule has 0 aromatic carbocycles. The Hall–Kier alpha value is -2.35. The first-order chi connectivity index (χ1) is 13.4. The highest BCUT2D eigenvalue weighted by atomic mass is 16.2. The van der Waals surface area contributed by atoms with Crippen LogP contribution in [0.4, 0.5) is 4.79 Å². The summed E-state index contributed by atoms with van der Waals surface area (Å²) in [6, 6.07) is 3.74. The summed E-state index contributed by atoms with van der Waals surface area (Å²) >= 11 is 0. The number of nitrogens with one attached hydrogen (secondary N) is 2. The highest BCUT2D eigenvalue weighted by molar-refractivity contribution is 6.08. The van der Waals surface area contributed by atoms with Crippen molar-refractivity contribution in [1.29, 1.82) is 0 Å². The summed E-state index contributed by atoms with van der Waals surface area (Å²) < 4.78 is 2.08. The van der Waals surface area contributed by atoms with E-state index in [4.69, 9.17) is 0 Å². The van der Waals surface area contributed by atoms with Crippen LogP contribution < -0.4 is 10.7 Å². The first-order valence-corrected chi connectivity index (χ1v) is 10.2. The van der Waals surface area contributed by atoms with Gasteiger partial charge in [0.15, 0.2) is 0 Å². The van der Waals surface area contributed by atoms with Crippen molar-refractivity contribution in [3.63, 3.8) is 0 Å². The van der Waals surface area contributed by atoms with Gasteiger partial charge in [-0.25, -0.2) is 4.79 Å². The molecule has 1 aromatic rings. The molecule has 2 saturated heterocycles. The molecule has 2 aliphatic heterocycles. The number of rotatable bonds is 4. The summed E-state index contributed by atoms with van der Waals surface area (Å²) in [7, 11) is 2.00. The van der Waals surface area contributed by atoms with Crippen molar-refractivity contribution in [1.82, 2.24) is 25.2 Å². The van der Waals surface area contributed by atoms with Crippen LogP contribution in [0, 0.1) is 5.92 Å². The van der Waals surface area contributed by atoms with Crippen molar-refractivity contribution < 1.29 is 14.4 Å². The Bertz CT molecular complexity index is 781. The van der Waals surface area contributed by atoms with E-state index in [9.17, 15) is 14.4 Å². The standard InChI is InChI=1S/C20H29N5O3/c1-14-7-9-20(10-8-14)18(27)25(19(28)21-20)22-17(26)13-24-12-4-6-16(24)15-5-3-11-23(15)2/h3,5,11,14,16H,4,6-10,12-13H2,1-2H3,(H,21,28)(H,22,26)/t14?,16-,20?/m1/s1. The number of aromatic nitrogens is 1. The van der Waals surface area contributed by atoms with E-state index in [1.807, 2.05) is 19.3 Å². The second-order valence-electron chi connectivity index (χ2n) is 8.54. The fourth-order valence-corrected chi connectivity index (χ4v) is 4.83. The Morgan fingerprint density at radius 3 is 2.71 bits per heavy atom. The average Bonchev–Trinajstić information content (AvgIpc) is 3.33. The largest absolute Gasteiger partial charge is 0.353 e. The maximum atomic E-state index is 12.9. The molecule has 0 radical (unpaired) electrons. The normalized spacial score (nSPS) is 30.9. The minimum absolute atomic E-state index is 0.164. The first kappa shape index (κ1) is 19.0. The van der Waals surface area contributed by atoms with E-state index in [1.165, 1.54) is 5.69 Å². The Kier molecular flexibility index (Phi) is 4.91. The van der Waals surface area contributed by atoms with Crippen LogP contribution in [0.2, 0.25) is 0 Å². The van der Waals surface area contributed by atoms with Crippen molar-refractivity contribution in [2.45, 2.75) is 57.0 Å². The molecular weight excluding hydrogens is 358 g/mol. The summed E-state index contributed by atoms with van der Waals surface area (Å²) in [5, 5.41) is 3.73. The van der Waals surface area contributed by atoms with Crippen molar-refractivity contribution in [3.05, 3.63) is 24.0 Å². The highest BCUT2D eigenvalue weighted by Gasteiger charge is 2.53. The van der Waals surface area contributed by atoms with Gasteiger partial charge in [-0.1, -0.05) is 6.92 Å². The molecule has 8 heteroatoms. The van der Waals surface area contributed by atoms with E-state index in [2.05, 4.69) is 33.2 Å². The molecule has 0 bridgehead atoms. The van der Waals surface area contributed by atoms with Crippen molar-refractivity contribution in [2.24, 2.45) is 13.0 Å². The number of carbonyl (C=O) groups excluding carboxylic acids is 3. The molecule has 152 valence electrons. The third kappa shape index (κ3) is 3.30. The van der Waals surface area contributed by atoms with Gasteiger partial charge in [0.25, 0.3) is 11.8 Å². The average molecular weight is 387 g/mol. The van der Waals surface area contributed by atoms with Gasteiger partial charge in [0, 0.05) is 18.9 Å². The zero-order chi connectivity index (χ0) is 19.9. The van der Waals surface area contributed by atoms with Crippen LogP contribution >= 0.6 is 0 Å². The second kappa shape index (κ2) is 7.24. The Balaban J connectivity index is 1.39. The number of nitrogens with zero attached hydrogens (tertiary/aromatic N) is 3. The molecule has 4 rings (SSSR count). The van der Waals surface area contributed by atoms with Crippen molar-refractivity contribution in [2.75, 3.05) is 13.1 Å². The Labute approximate surface area is 165 Å². The van der Waals surface area contributed by atoms with E-state index in [-0.39, 0.29) is 24.4 Å². The number of hydrogen-bond donors (Lipinski definition) is 2. The van der Waals surface area contributed by atoms with Gasteiger partial charge in [-0.15, -0.1) is 0 Å². The number of likely N-dealkylation sites (tertiary alicyclic amines) is 1. The van der Waals surface area contributed by atoms with Gasteiger partial charge in [0.2, 0.25) is 0 Å². The SMILES string of the molecule is CC1CCC2(CC1)NC(=O)N(NC(=O)CN1CCC[C@@H]1c1cccn1C)C2=O. The van der Waals surface area contributed by atoms with Gasteiger partial charge < -0.3 is 9.88 Å². The van der Waals surface area contributed by atoms with Gasteiger partial charge >= 0.3 is 6.03 Å². The minimum atomic E-state index is -0.837. The van der Waals surface area contributed by atoms with Crippen LogP contribution in [0.25, 0.3) is 0 Å². The van der Waals surface area contributed by atoms with Gasteiger partial charge in [-0.05, 0) is 63.1 Å². The lowest BCUT2D eigenvalue weighted by molar-refractivity contribution is -0.140. The van der Waals surface area contributed by atoms with Gasteiger partial charge in [-0.3, -0.25) is 19.9 Å². The summed E-state index contributed by atoms with van der Waals surface area (Å²) in [5.41, 5.74) is 2.89. The quantitative estimate of drug-likeness (QED) is 0.770. The summed E-state index contributed by atoms with van der Waals surface area (Å²) in [5.74, 6) is -0.0902. The second-order valence-corrected chi connectivity index (χ2v) is 8.54. The molecule has 4 amide bonds. The fraction of sp³-hybridized carbons (Fsp3) is 0.650. The monoisotopic (exact) mass is 387 g/mol. The number of urea groups is 1. The third-order valence-corrected chi connectivity index (χ3v) is 6.56. The molecule has 8 nitrogen and oxygen atoms in total. The van der Waals surface area contributed by atoms with Crippen LogP contribution in [0.1, 0.15) is 57.2 Å². The summed E-state index contributed by atoms with van der Waals surface area (Å²) in [6.07, 6.45) is 7.09. The first-order valence-electron chi connectivity index (χ1n) is 10.2. The smallest absolute Gasteiger partial charge is 0.344 e. The van der Waals surface area contributed by atoms with Gasteiger partial charge in [0.05, 0.1) is 12.6 Å². The molecular formula is C20H29N5O3. The molecule has 1 spiro atoms. The molecule has 3 aliphatic rings. The van der Waals surface area contributed by atoms with E-state index in [0.717, 1.165) is 37.2 Å². The number of carbonyl (C=O) groups is 3. The summed E-state index contributed by atoms with van der Waals surface area (Å²) in [4.78, 5) is 40.0. The Morgan fingerprint density at radius 2 is 2.04 bits per heavy atom. The van der Waals surface area contributed by atoms with Crippen LogP contribution in [0.15, 0.2) is 18.3 Å². The highest BCUT2D eigenvalue weighted by Crippen LogP contribution is 2.36. The number of imide groups is 1. The van der Waals surface area contributed by atoms with E-state index >= 15 is 0 Å². The lowest BCUT2D eigenvalue weighted by Crippen LogP contribution is -2.52. The van der Waals surface area contributed by atoms with Crippen LogP contribution in [-0.4, -0.2) is 50.9 Å². The zero-order valence-corrected chi connectivity index (χ0v) is 16.6. The van der Waals surface area contributed by atoms with Crippen LogP contribution in [0.3, 0.4) is 0 Å². The zero-order valence-electron chi connectivity index (χ0n) is 16.6.